The van der Waals surface area contributed by atoms with Gasteiger partial charge in [-0.05, 0) is 31.4 Å². The molecule has 0 saturated heterocycles. The first-order valence-corrected chi connectivity index (χ1v) is 6.15. The zero-order valence-corrected chi connectivity index (χ0v) is 11.1. The van der Waals surface area contributed by atoms with Crippen molar-refractivity contribution in [3.05, 3.63) is 35.4 Å². The number of nitrogens with two attached hydrogens (primary N) is 1. The molecule has 1 aromatic rings. The van der Waals surface area contributed by atoms with Crippen molar-refractivity contribution in [3.63, 3.8) is 0 Å². The summed E-state index contributed by atoms with van der Waals surface area (Å²) in [6.45, 7) is 4.37. The second kappa shape index (κ2) is 6.52. The van der Waals surface area contributed by atoms with Crippen LogP contribution in [0, 0.1) is 0 Å². The van der Waals surface area contributed by atoms with E-state index in [-0.39, 0.29) is 18.1 Å². The Labute approximate surface area is 108 Å². The zero-order chi connectivity index (χ0) is 13.6. The van der Waals surface area contributed by atoms with Crippen LogP contribution in [-0.2, 0) is 17.9 Å². The summed E-state index contributed by atoms with van der Waals surface area (Å²) in [4.78, 5) is 11.6. The number of benzene rings is 1. The Morgan fingerprint density at radius 3 is 2.33 bits per heavy atom. The van der Waals surface area contributed by atoms with Crippen LogP contribution in [0.4, 0.5) is 0 Å². The van der Waals surface area contributed by atoms with E-state index in [9.17, 15) is 4.79 Å². The summed E-state index contributed by atoms with van der Waals surface area (Å²) < 4.78 is 0. The van der Waals surface area contributed by atoms with E-state index in [0.717, 1.165) is 11.1 Å². The van der Waals surface area contributed by atoms with Gasteiger partial charge in [0.25, 0.3) is 0 Å². The van der Waals surface area contributed by atoms with Crippen LogP contribution in [0.1, 0.15) is 37.8 Å². The summed E-state index contributed by atoms with van der Waals surface area (Å²) in [6.07, 6.45) is 1.11. The number of amides is 1. The fourth-order valence-electron chi connectivity index (χ4n) is 1.49. The average molecular weight is 250 g/mol. The number of carbonyl (C=O) groups excluding carboxylic acids is 1. The van der Waals surface area contributed by atoms with Gasteiger partial charge in [-0.25, -0.2) is 0 Å². The Kier molecular flexibility index (Phi) is 5.31. The molecule has 0 aliphatic carbocycles. The summed E-state index contributed by atoms with van der Waals surface area (Å²) in [6, 6.07) is 7.51. The molecular formula is C14H22N2O2. The molecule has 0 saturated carbocycles. The van der Waals surface area contributed by atoms with Crippen molar-refractivity contribution < 1.29 is 9.90 Å². The minimum atomic E-state index is -0.305. The number of rotatable bonds is 6. The van der Waals surface area contributed by atoms with Gasteiger partial charge in [0.1, 0.15) is 0 Å². The lowest BCUT2D eigenvalue weighted by molar-refractivity contribution is -0.121. The van der Waals surface area contributed by atoms with E-state index in [1.807, 2.05) is 38.1 Å². The predicted octanol–water partition coefficient (Wildman–Crippen LogP) is 1.31. The number of carbonyl (C=O) groups is 1. The van der Waals surface area contributed by atoms with Crippen LogP contribution >= 0.6 is 0 Å². The van der Waals surface area contributed by atoms with E-state index in [1.165, 1.54) is 0 Å². The third kappa shape index (κ3) is 5.80. The van der Waals surface area contributed by atoms with Crippen LogP contribution in [0.5, 0.6) is 0 Å². The first-order chi connectivity index (χ1) is 8.40. The molecule has 0 heterocycles. The maximum Gasteiger partial charge on any atom is 0.220 e. The molecule has 0 aliphatic rings. The molecule has 4 N–H and O–H groups in total. The number of aliphatic hydroxyl groups is 1. The van der Waals surface area contributed by atoms with Gasteiger partial charge in [0.2, 0.25) is 5.91 Å². The standard InChI is InChI=1S/C14H22N2O2/c1-14(2,15)8-7-13(18)16-9-11-3-5-12(10-17)6-4-11/h3-6,17H,7-10,15H2,1-2H3,(H,16,18). The van der Waals surface area contributed by atoms with Crippen molar-refractivity contribution in [2.45, 2.75) is 45.4 Å². The highest BCUT2D eigenvalue weighted by molar-refractivity contribution is 5.75. The SMILES string of the molecule is CC(C)(N)CCC(=O)NCc1ccc(CO)cc1. The summed E-state index contributed by atoms with van der Waals surface area (Å²) >= 11 is 0. The minimum Gasteiger partial charge on any atom is -0.392 e. The fourth-order valence-corrected chi connectivity index (χ4v) is 1.49. The lowest BCUT2D eigenvalue weighted by Gasteiger charge is -2.17. The summed E-state index contributed by atoms with van der Waals surface area (Å²) in [7, 11) is 0. The second-order valence-corrected chi connectivity index (χ2v) is 5.24. The Hall–Kier alpha value is -1.39. The molecule has 1 aromatic carbocycles. The fraction of sp³-hybridized carbons (Fsp3) is 0.500. The first-order valence-electron chi connectivity index (χ1n) is 6.15. The Morgan fingerprint density at radius 2 is 1.83 bits per heavy atom. The van der Waals surface area contributed by atoms with Crippen LogP contribution in [0.15, 0.2) is 24.3 Å². The van der Waals surface area contributed by atoms with Crippen LogP contribution in [0.2, 0.25) is 0 Å². The molecule has 0 aliphatic heterocycles. The van der Waals surface area contributed by atoms with Gasteiger partial charge >= 0.3 is 0 Å². The van der Waals surface area contributed by atoms with Gasteiger partial charge < -0.3 is 16.2 Å². The maximum atomic E-state index is 11.6. The van der Waals surface area contributed by atoms with E-state index in [4.69, 9.17) is 10.8 Å². The summed E-state index contributed by atoms with van der Waals surface area (Å²) in [5, 5.41) is 11.8. The molecule has 0 unspecified atom stereocenters. The van der Waals surface area contributed by atoms with Gasteiger partial charge in [0.05, 0.1) is 6.61 Å². The third-order valence-electron chi connectivity index (χ3n) is 2.69. The minimum absolute atomic E-state index is 0.0137. The van der Waals surface area contributed by atoms with E-state index < -0.39 is 0 Å². The molecule has 0 bridgehead atoms. The van der Waals surface area contributed by atoms with Crippen molar-refractivity contribution in [2.75, 3.05) is 0 Å². The normalized spacial score (nSPS) is 11.3. The Bertz CT molecular complexity index is 380. The smallest absolute Gasteiger partial charge is 0.220 e. The molecule has 0 aromatic heterocycles. The van der Waals surface area contributed by atoms with E-state index in [1.54, 1.807) is 0 Å². The Morgan fingerprint density at radius 1 is 1.28 bits per heavy atom. The monoisotopic (exact) mass is 250 g/mol. The molecule has 100 valence electrons. The van der Waals surface area contributed by atoms with Crippen molar-refractivity contribution in [1.29, 1.82) is 0 Å². The molecule has 0 spiro atoms. The number of hydrogen-bond acceptors (Lipinski definition) is 3. The lowest BCUT2D eigenvalue weighted by atomic mass is 10.00. The maximum absolute atomic E-state index is 11.6. The lowest BCUT2D eigenvalue weighted by Crippen LogP contribution is -2.34. The van der Waals surface area contributed by atoms with Crippen molar-refractivity contribution in [2.24, 2.45) is 5.73 Å². The number of nitrogens with one attached hydrogen (secondary N) is 1. The average Bonchev–Trinajstić information content (AvgIpc) is 2.33. The molecule has 18 heavy (non-hydrogen) atoms. The largest absolute Gasteiger partial charge is 0.392 e. The Balaban J connectivity index is 2.33. The third-order valence-corrected chi connectivity index (χ3v) is 2.69. The van der Waals surface area contributed by atoms with Crippen molar-refractivity contribution >= 4 is 5.91 Å². The van der Waals surface area contributed by atoms with Crippen LogP contribution < -0.4 is 11.1 Å². The van der Waals surface area contributed by atoms with Gasteiger partial charge in [-0.3, -0.25) is 4.79 Å². The van der Waals surface area contributed by atoms with Gasteiger partial charge in [0, 0.05) is 18.5 Å². The number of aliphatic hydroxyl groups excluding tert-OH is 1. The predicted molar refractivity (Wildman–Crippen MR) is 71.7 cm³/mol. The molecule has 0 fully saturated rings. The van der Waals surface area contributed by atoms with E-state index in [0.29, 0.717) is 19.4 Å². The quantitative estimate of drug-likeness (QED) is 0.712. The van der Waals surface area contributed by atoms with Crippen LogP contribution in [0.3, 0.4) is 0 Å². The second-order valence-electron chi connectivity index (χ2n) is 5.24. The molecular weight excluding hydrogens is 228 g/mol. The molecule has 4 heteroatoms. The highest BCUT2D eigenvalue weighted by atomic mass is 16.3. The highest BCUT2D eigenvalue weighted by Crippen LogP contribution is 2.07. The first kappa shape index (κ1) is 14.7. The van der Waals surface area contributed by atoms with Crippen LogP contribution in [0.25, 0.3) is 0 Å². The molecule has 1 amide bonds. The van der Waals surface area contributed by atoms with Crippen molar-refractivity contribution in [1.82, 2.24) is 5.32 Å². The zero-order valence-electron chi connectivity index (χ0n) is 11.1. The topological polar surface area (TPSA) is 75.4 Å². The van der Waals surface area contributed by atoms with Crippen molar-refractivity contribution in [3.8, 4) is 0 Å². The summed E-state index contributed by atoms with van der Waals surface area (Å²) in [5.41, 5.74) is 7.41. The van der Waals surface area contributed by atoms with Crippen LogP contribution in [-0.4, -0.2) is 16.6 Å². The molecule has 1 rings (SSSR count). The molecule has 4 nitrogen and oxygen atoms in total. The summed E-state index contributed by atoms with van der Waals surface area (Å²) in [5.74, 6) is 0.0137. The molecule has 0 atom stereocenters. The highest BCUT2D eigenvalue weighted by Gasteiger charge is 2.12. The van der Waals surface area contributed by atoms with Gasteiger partial charge in [-0.15, -0.1) is 0 Å². The van der Waals surface area contributed by atoms with E-state index >= 15 is 0 Å². The van der Waals surface area contributed by atoms with Gasteiger partial charge in [-0.2, -0.15) is 0 Å². The molecule has 0 radical (unpaired) electrons. The number of hydrogen-bond donors (Lipinski definition) is 3. The van der Waals surface area contributed by atoms with E-state index in [2.05, 4.69) is 5.32 Å². The van der Waals surface area contributed by atoms with Gasteiger partial charge in [-0.1, -0.05) is 24.3 Å². The van der Waals surface area contributed by atoms with Gasteiger partial charge in [0.15, 0.2) is 0 Å².